The minimum absolute atomic E-state index is 0.104. The van der Waals surface area contributed by atoms with Crippen LogP contribution in [-0.4, -0.2) is 8.42 Å². The number of halogens is 2. The molecule has 0 amide bonds. The molecular weight excluding hydrogens is 286 g/mol. The zero-order valence-corrected chi connectivity index (χ0v) is 11.3. The lowest BCUT2D eigenvalue weighted by Gasteiger charge is -2.11. The highest BCUT2D eigenvalue weighted by molar-refractivity contribution is 7.92. The molecule has 0 aliphatic carbocycles. The van der Waals surface area contributed by atoms with Crippen molar-refractivity contribution in [3.63, 3.8) is 0 Å². The summed E-state index contributed by atoms with van der Waals surface area (Å²) in [6, 6.07) is 6.89. The summed E-state index contributed by atoms with van der Waals surface area (Å²) in [5.74, 6) is -1.30. The van der Waals surface area contributed by atoms with E-state index in [0.29, 0.717) is 5.56 Å². The average molecular weight is 298 g/mol. The van der Waals surface area contributed by atoms with Gasteiger partial charge in [-0.15, -0.1) is 0 Å². The van der Waals surface area contributed by atoms with Gasteiger partial charge in [-0.25, -0.2) is 17.2 Å². The molecule has 4 nitrogen and oxygen atoms in total. The molecule has 0 atom stereocenters. The molecule has 0 spiro atoms. The van der Waals surface area contributed by atoms with Crippen LogP contribution in [0.25, 0.3) is 0 Å². The topological polar surface area (TPSA) is 72.2 Å². The largest absolute Gasteiger partial charge is 0.396 e. The number of nitrogens with one attached hydrogen (secondary N) is 1. The summed E-state index contributed by atoms with van der Waals surface area (Å²) in [5.41, 5.74) is 5.68. The number of benzene rings is 2. The lowest BCUT2D eigenvalue weighted by molar-refractivity contribution is 0.594. The van der Waals surface area contributed by atoms with Crippen LogP contribution in [0.3, 0.4) is 0 Å². The lowest BCUT2D eigenvalue weighted by Crippen LogP contribution is -2.14. The third-order valence-electron chi connectivity index (χ3n) is 2.69. The molecular formula is C13H12F2N2O2S. The second-order valence-electron chi connectivity index (χ2n) is 4.25. The van der Waals surface area contributed by atoms with Crippen LogP contribution in [0.2, 0.25) is 0 Å². The number of nitrogen functional groups attached to an aromatic ring is 1. The Morgan fingerprint density at radius 3 is 2.45 bits per heavy atom. The first-order valence-electron chi connectivity index (χ1n) is 5.63. The zero-order chi connectivity index (χ0) is 14.9. The Morgan fingerprint density at radius 1 is 1.10 bits per heavy atom. The van der Waals surface area contributed by atoms with Gasteiger partial charge in [0, 0.05) is 0 Å². The third-order valence-corrected chi connectivity index (χ3v) is 4.21. The fourth-order valence-electron chi connectivity index (χ4n) is 1.68. The van der Waals surface area contributed by atoms with Crippen molar-refractivity contribution in [3.05, 3.63) is 53.6 Å². The van der Waals surface area contributed by atoms with Gasteiger partial charge in [0.2, 0.25) is 0 Å². The Balaban J connectivity index is 2.40. The minimum Gasteiger partial charge on any atom is -0.396 e. The van der Waals surface area contributed by atoms with Crippen LogP contribution >= 0.6 is 0 Å². The summed E-state index contributed by atoms with van der Waals surface area (Å²) >= 11 is 0. The van der Waals surface area contributed by atoms with Crippen molar-refractivity contribution in [1.29, 1.82) is 0 Å². The molecule has 2 aromatic carbocycles. The molecule has 0 fully saturated rings. The van der Waals surface area contributed by atoms with Crippen molar-refractivity contribution in [3.8, 4) is 0 Å². The van der Waals surface area contributed by atoms with Gasteiger partial charge >= 0.3 is 0 Å². The Bertz CT molecular complexity index is 761. The second kappa shape index (κ2) is 5.09. The molecule has 106 valence electrons. The quantitative estimate of drug-likeness (QED) is 0.856. The predicted octanol–water partition coefficient (Wildman–Crippen LogP) is 2.66. The Labute approximate surface area is 115 Å². The number of anilines is 2. The zero-order valence-electron chi connectivity index (χ0n) is 10.5. The first-order chi connectivity index (χ1) is 9.29. The molecule has 0 saturated carbocycles. The SMILES string of the molecule is Cc1ccc(F)cc1S(=O)(=O)Nc1ccc(F)c(N)c1. The van der Waals surface area contributed by atoms with Crippen LogP contribution in [0.4, 0.5) is 20.2 Å². The van der Waals surface area contributed by atoms with Crippen LogP contribution in [0.1, 0.15) is 5.56 Å². The Morgan fingerprint density at radius 2 is 1.80 bits per heavy atom. The van der Waals surface area contributed by atoms with Gasteiger partial charge in [-0.3, -0.25) is 4.72 Å². The highest BCUT2D eigenvalue weighted by Crippen LogP contribution is 2.22. The molecule has 7 heteroatoms. The van der Waals surface area contributed by atoms with E-state index in [1.54, 1.807) is 6.92 Å². The van der Waals surface area contributed by atoms with Gasteiger partial charge in [0.25, 0.3) is 10.0 Å². The van der Waals surface area contributed by atoms with Crippen molar-refractivity contribution in [2.24, 2.45) is 0 Å². The maximum Gasteiger partial charge on any atom is 0.262 e. The van der Waals surface area contributed by atoms with E-state index in [-0.39, 0.29) is 16.3 Å². The first kappa shape index (κ1) is 14.3. The molecule has 0 bridgehead atoms. The van der Waals surface area contributed by atoms with E-state index in [0.717, 1.165) is 18.2 Å². The van der Waals surface area contributed by atoms with E-state index in [9.17, 15) is 17.2 Å². The van der Waals surface area contributed by atoms with Crippen molar-refractivity contribution in [1.82, 2.24) is 0 Å². The molecule has 20 heavy (non-hydrogen) atoms. The fourth-order valence-corrected chi connectivity index (χ4v) is 2.99. The predicted molar refractivity (Wildman–Crippen MR) is 72.8 cm³/mol. The van der Waals surface area contributed by atoms with E-state index in [1.807, 2.05) is 0 Å². The molecule has 0 saturated heterocycles. The minimum atomic E-state index is -3.96. The number of hydrogen-bond donors (Lipinski definition) is 2. The summed E-state index contributed by atoms with van der Waals surface area (Å²) in [7, 11) is -3.96. The molecule has 0 unspecified atom stereocenters. The number of nitrogens with two attached hydrogens (primary N) is 1. The van der Waals surface area contributed by atoms with E-state index in [2.05, 4.69) is 4.72 Å². The normalized spacial score (nSPS) is 11.3. The van der Waals surface area contributed by atoms with Gasteiger partial charge in [0.1, 0.15) is 11.6 Å². The molecule has 0 aliphatic rings. The van der Waals surface area contributed by atoms with E-state index in [4.69, 9.17) is 5.73 Å². The van der Waals surface area contributed by atoms with E-state index < -0.39 is 21.7 Å². The smallest absolute Gasteiger partial charge is 0.262 e. The second-order valence-corrected chi connectivity index (χ2v) is 5.90. The van der Waals surface area contributed by atoms with Gasteiger partial charge in [0.15, 0.2) is 0 Å². The highest BCUT2D eigenvalue weighted by Gasteiger charge is 2.18. The van der Waals surface area contributed by atoms with Crippen LogP contribution in [0.15, 0.2) is 41.3 Å². The third kappa shape index (κ3) is 2.88. The van der Waals surface area contributed by atoms with E-state index in [1.165, 1.54) is 18.2 Å². The molecule has 0 aromatic heterocycles. The van der Waals surface area contributed by atoms with Crippen molar-refractivity contribution in [2.75, 3.05) is 10.5 Å². The van der Waals surface area contributed by atoms with Crippen molar-refractivity contribution >= 4 is 21.4 Å². The van der Waals surface area contributed by atoms with Crippen molar-refractivity contribution < 1.29 is 17.2 Å². The molecule has 0 radical (unpaired) electrons. The number of hydrogen-bond acceptors (Lipinski definition) is 3. The van der Waals surface area contributed by atoms with Gasteiger partial charge in [-0.2, -0.15) is 0 Å². The summed E-state index contributed by atoms with van der Waals surface area (Å²) in [5, 5.41) is 0. The maximum atomic E-state index is 13.2. The summed E-state index contributed by atoms with van der Waals surface area (Å²) < 4.78 is 52.7. The van der Waals surface area contributed by atoms with Gasteiger partial charge in [-0.05, 0) is 42.8 Å². The molecule has 3 N–H and O–H groups in total. The molecule has 0 heterocycles. The van der Waals surface area contributed by atoms with Crippen LogP contribution < -0.4 is 10.5 Å². The Hall–Kier alpha value is -2.15. The maximum absolute atomic E-state index is 13.2. The van der Waals surface area contributed by atoms with E-state index >= 15 is 0 Å². The van der Waals surface area contributed by atoms with Gasteiger partial charge < -0.3 is 5.73 Å². The number of sulfonamides is 1. The van der Waals surface area contributed by atoms with Crippen LogP contribution in [-0.2, 0) is 10.0 Å². The molecule has 0 aliphatic heterocycles. The average Bonchev–Trinajstić information content (AvgIpc) is 2.36. The van der Waals surface area contributed by atoms with Gasteiger partial charge in [-0.1, -0.05) is 6.07 Å². The first-order valence-corrected chi connectivity index (χ1v) is 7.12. The van der Waals surface area contributed by atoms with Crippen molar-refractivity contribution in [2.45, 2.75) is 11.8 Å². The number of rotatable bonds is 3. The lowest BCUT2D eigenvalue weighted by atomic mass is 10.2. The summed E-state index contributed by atoms with van der Waals surface area (Å²) in [6.45, 7) is 1.55. The molecule has 2 rings (SSSR count). The monoisotopic (exact) mass is 298 g/mol. The molecule has 2 aromatic rings. The number of aryl methyl sites for hydroxylation is 1. The fraction of sp³-hybridized carbons (Fsp3) is 0.0769. The Kier molecular flexibility index (Phi) is 3.63. The van der Waals surface area contributed by atoms with Gasteiger partial charge in [0.05, 0.1) is 16.3 Å². The standard InChI is InChI=1S/C13H12F2N2O2S/c1-8-2-3-9(14)6-13(8)20(18,19)17-10-4-5-11(15)12(16)7-10/h2-7,17H,16H2,1H3. The summed E-state index contributed by atoms with van der Waals surface area (Å²) in [6.07, 6.45) is 0. The highest BCUT2D eigenvalue weighted by atomic mass is 32.2. The summed E-state index contributed by atoms with van der Waals surface area (Å²) in [4.78, 5) is -0.180. The van der Waals surface area contributed by atoms with Crippen LogP contribution in [0, 0.1) is 18.6 Å². The van der Waals surface area contributed by atoms with Crippen LogP contribution in [0.5, 0.6) is 0 Å².